The fourth-order valence-corrected chi connectivity index (χ4v) is 4.73. The van der Waals surface area contributed by atoms with E-state index >= 15 is 0 Å². The maximum Gasteiger partial charge on any atom is 0.271 e. The highest BCUT2D eigenvalue weighted by atomic mass is 16.3. The zero-order valence-electron chi connectivity index (χ0n) is 17.6. The van der Waals surface area contributed by atoms with Gasteiger partial charge in [-0.2, -0.15) is 0 Å². The van der Waals surface area contributed by atoms with Gasteiger partial charge < -0.3 is 19.2 Å². The summed E-state index contributed by atoms with van der Waals surface area (Å²) >= 11 is 0. The van der Waals surface area contributed by atoms with Gasteiger partial charge in [0.25, 0.3) is 5.91 Å². The van der Waals surface area contributed by atoms with Gasteiger partial charge in [0.1, 0.15) is 17.0 Å². The van der Waals surface area contributed by atoms with E-state index in [0.29, 0.717) is 24.5 Å². The summed E-state index contributed by atoms with van der Waals surface area (Å²) in [5, 5.41) is 3.27. The first kappa shape index (κ1) is 19.8. The van der Waals surface area contributed by atoms with Gasteiger partial charge in [0, 0.05) is 12.6 Å². The Morgan fingerprint density at radius 2 is 1.93 bits per heavy atom. The minimum Gasteiger partial charge on any atom is -0.463 e. The molecule has 0 radical (unpaired) electrons. The highest BCUT2D eigenvalue weighted by molar-refractivity contribution is 6.00. The highest BCUT2D eigenvalue weighted by Gasteiger charge is 2.48. The molecule has 1 atom stereocenters. The Balaban J connectivity index is 1.65. The summed E-state index contributed by atoms with van der Waals surface area (Å²) in [4.78, 5) is 28.6. The second kappa shape index (κ2) is 7.73. The number of aromatic nitrogens is 1. The SMILES string of the molecule is CCCN1C(=O)c2ccc(-c3ccco3)n2CC1(C)C(=O)NC1CCC(C)CC1. The van der Waals surface area contributed by atoms with Crippen molar-refractivity contribution in [2.24, 2.45) is 5.92 Å². The summed E-state index contributed by atoms with van der Waals surface area (Å²) in [5.41, 5.74) is 0.519. The Hall–Kier alpha value is -2.50. The number of carbonyl (C=O) groups is 2. The molecule has 2 aromatic heterocycles. The summed E-state index contributed by atoms with van der Waals surface area (Å²) in [6.45, 7) is 7.19. The van der Waals surface area contributed by atoms with Crippen molar-refractivity contribution in [3.8, 4) is 11.5 Å². The largest absolute Gasteiger partial charge is 0.463 e. The molecule has 0 bridgehead atoms. The number of furan rings is 1. The summed E-state index contributed by atoms with van der Waals surface area (Å²) in [6, 6.07) is 7.65. The Morgan fingerprint density at radius 1 is 1.21 bits per heavy atom. The van der Waals surface area contributed by atoms with Crippen LogP contribution in [0.5, 0.6) is 0 Å². The van der Waals surface area contributed by atoms with E-state index in [9.17, 15) is 9.59 Å². The van der Waals surface area contributed by atoms with E-state index in [1.165, 1.54) is 0 Å². The smallest absolute Gasteiger partial charge is 0.271 e. The molecule has 2 amide bonds. The summed E-state index contributed by atoms with van der Waals surface area (Å²) in [7, 11) is 0. The normalized spacial score (nSPS) is 27.0. The van der Waals surface area contributed by atoms with Crippen molar-refractivity contribution in [3.05, 3.63) is 36.2 Å². The van der Waals surface area contributed by atoms with E-state index in [2.05, 4.69) is 12.2 Å². The van der Waals surface area contributed by atoms with Crippen LogP contribution in [0.25, 0.3) is 11.5 Å². The molecule has 0 aromatic carbocycles. The van der Waals surface area contributed by atoms with Crippen LogP contribution in [-0.4, -0.2) is 39.4 Å². The van der Waals surface area contributed by atoms with E-state index in [1.807, 2.05) is 42.7 Å². The first-order chi connectivity index (χ1) is 13.9. The van der Waals surface area contributed by atoms with Crippen molar-refractivity contribution in [2.45, 2.75) is 71.0 Å². The number of hydrogen-bond donors (Lipinski definition) is 1. The van der Waals surface area contributed by atoms with Crippen molar-refractivity contribution in [1.82, 2.24) is 14.8 Å². The van der Waals surface area contributed by atoms with Gasteiger partial charge in [0.2, 0.25) is 5.91 Å². The van der Waals surface area contributed by atoms with Crippen molar-refractivity contribution in [1.29, 1.82) is 0 Å². The van der Waals surface area contributed by atoms with Gasteiger partial charge in [0.15, 0.2) is 0 Å². The summed E-state index contributed by atoms with van der Waals surface area (Å²) in [5.74, 6) is 1.29. The van der Waals surface area contributed by atoms with E-state index < -0.39 is 5.54 Å². The number of hydrogen-bond acceptors (Lipinski definition) is 3. The van der Waals surface area contributed by atoms with Gasteiger partial charge in [-0.05, 0) is 69.2 Å². The van der Waals surface area contributed by atoms with Crippen LogP contribution in [-0.2, 0) is 11.3 Å². The molecule has 0 spiro atoms. The predicted octanol–water partition coefficient (Wildman–Crippen LogP) is 4.07. The van der Waals surface area contributed by atoms with Crippen LogP contribution in [0.2, 0.25) is 0 Å². The third-order valence-corrected chi connectivity index (χ3v) is 6.57. The van der Waals surface area contributed by atoms with Crippen LogP contribution in [0.3, 0.4) is 0 Å². The quantitative estimate of drug-likeness (QED) is 0.827. The lowest BCUT2D eigenvalue weighted by atomic mass is 9.86. The van der Waals surface area contributed by atoms with Crippen LogP contribution in [0, 0.1) is 5.92 Å². The molecule has 1 saturated carbocycles. The average molecular weight is 398 g/mol. The molecule has 0 saturated heterocycles. The van der Waals surface area contributed by atoms with Crippen molar-refractivity contribution in [3.63, 3.8) is 0 Å². The Morgan fingerprint density at radius 3 is 2.59 bits per heavy atom. The summed E-state index contributed by atoms with van der Waals surface area (Å²) in [6.07, 6.45) is 6.74. The molecular weight excluding hydrogens is 366 g/mol. The van der Waals surface area contributed by atoms with E-state index in [1.54, 1.807) is 11.2 Å². The molecule has 1 fully saturated rings. The maximum absolute atomic E-state index is 13.5. The number of nitrogens with one attached hydrogen (secondary N) is 1. The molecule has 1 N–H and O–H groups in total. The molecule has 3 heterocycles. The molecular formula is C23H31N3O3. The number of amides is 2. The molecule has 4 rings (SSSR count). The third kappa shape index (κ3) is 3.49. The predicted molar refractivity (Wildman–Crippen MR) is 111 cm³/mol. The Bertz CT molecular complexity index is 877. The van der Waals surface area contributed by atoms with E-state index in [0.717, 1.165) is 43.7 Å². The number of carbonyl (C=O) groups excluding carboxylic acids is 2. The zero-order chi connectivity index (χ0) is 20.6. The Labute approximate surface area is 172 Å². The third-order valence-electron chi connectivity index (χ3n) is 6.57. The minimum absolute atomic E-state index is 0.0522. The standard InChI is InChI=1S/C23H31N3O3/c1-4-13-26-21(27)19-12-11-18(20-6-5-14-29-20)25(19)15-23(26,3)22(28)24-17-9-7-16(2)8-10-17/h5-6,11-12,14,16-17H,4,7-10,13,15H2,1-3H3,(H,24,28). The van der Waals surface area contributed by atoms with Crippen LogP contribution in [0.1, 0.15) is 63.4 Å². The fraction of sp³-hybridized carbons (Fsp3) is 0.565. The first-order valence-electron chi connectivity index (χ1n) is 10.8. The number of fused-ring (bicyclic) bond motifs is 1. The molecule has 156 valence electrons. The molecule has 2 aliphatic rings. The van der Waals surface area contributed by atoms with Crippen LogP contribution < -0.4 is 5.32 Å². The lowest BCUT2D eigenvalue weighted by Gasteiger charge is -2.45. The molecule has 1 unspecified atom stereocenters. The van der Waals surface area contributed by atoms with Gasteiger partial charge in [0.05, 0.1) is 18.5 Å². The summed E-state index contributed by atoms with van der Waals surface area (Å²) < 4.78 is 7.51. The fourth-order valence-electron chi connectivity index (χ4n) is 4.73. The lowest BCUT2D eigenvalue weighted by Crippen LogP contribution is -2.65. The zero-order valence-corrected chi connectivity index (χ0v) is 17.6. The molecule has 6 nitrogen and oxygen atoms in total. The van der Waals surface area contributed by atoms with E-state index in [4.69, 9.17) is 4.42 Å². The maximum atomic E-state index is 13.5. The second-order valence-corrected chi connectivity index (χ2v) is 8.83. The van der Waals surface area contributed by atoms with E-state index in [-0.39, 0.29) is 17.9 Å². The topological polar surface area (TPSA) is 67.5 Å². The number of nitrogens with zero attached hydrogens (tertiary/aromatic N) is 2. The highest BCUT2D eigenvalue weighted by Crippen LogP contribution is 2.34. The Kier molecular flexibility index (Phi) is 5.28. The molecule has 1 aliphatic carbocycles. The second-order valence-electron chi connectivity index (χ2n) is 8.83. The average Bonchev–Trinajstić information content (AvgIpc) is 3.36. The van der Waals surface area contributed by atoms with Gasteiger partial charge in [-0.1, -0.05) is 13.8 Å². The number of rotatable bonds is 5. The van der Waals surface area contributed by atoms with Gasteiger partial charge >= 0.3 is 0 Å². The first-order valence-corrected chi connectivity index (χ1v) is 10.8. The van der Waals surface area contributed by atoms with Crippen LogP contribution in [0.4, 0.5) is 0 Å². The van der Waals surface area contributed by atoms with Gasteiger partial charge in [-0.3, -0.25) is 9.59 Å². The lowest BCUT2D eigenvalue weighted by molar-refractivity contribution is -0.133. The molecule has 6 heteroatoms. The molecule has 29 heavy (non-hydrogen) atoms. The van der Waals surface area contributed by atoms with Crippen molar-refractivity contribution in [2.75, 3.05) is 6.54 Å². The van der Waals surface area contributed by atoms with Crippen molar-refractivity contribution >= 4 is 11.8 Å². The van der Waals surface area contributed by atoms with Crippen LogP contribution >= 0.6 is 0 Å². The van der Waals surface area contributed by atoms with Gasteiger partial charge in [-0.25, -0.2) is 0 Å². The van der Waals surface area contributed by atoms with Gasteiger partial charge in [-0.15, -0.1) is 0 Å². The minimum atomic E-state index is -0.927. The molecule has 2 aromatic rings. The molecule has 1 aliphatic heterocycles. The van der Waals surface area contributed by atoms with Crippen molar-refractivity contribution < 1.29 is 14.0 Å². The van der Waals surface area contributed by atoms with Crippen LogP contribution in [0.15, 0.2) is 34.9 Å². The monoisotopic (exact) mass is 397 g/mol.